The summed E-state index contributed by atoms with van der Waals surface area (Å²) in [4.78, 5) is 11.0. The van der Waals surface area contributed by atoms with Crippen LogP contribution in [0.1, 0.15) is 21.5 Å². The van der Waals surface area contributed by atoms with Crippen molar-refractivity contribution in [2.24, 2.45) is 0 Å². The zero-order chi connectivity index (χ0) is 13.7. The fraction of sp³-hybridized carbons (Fsp3) is 0.188. The maximum absolute atomic E-state index is 11.0. The van der Waals surface area contributed by atoms with Crippen LogP contribution in [0.2, 0.25) is 0 Å². The second-order valence-corrected chi connectivity index (χ2v) is 4.30. The van der Waals surface area contributed by atoms with Crippen LogP contribution in [-0.2, 0) is 6.61 Å². The van der Waals surface area contributed by atoms with Gasteiger partial charge in [-0.15, -0.1) is 0 Å². The normalized spacial score (nSPS) is 10.0. The van der Waals surface area contributed by atoms with Gasteiger partial charge in [0.15, 0.2) is 6.29 Å². The standard InChI is InChI=1S/C16H16O3/c1-12-4-3-5-13(8-12)11-19-16-7-6-15(18-2)9-14(16)10-17/h3-10H,11H2,1-2H3. The van der Waals surface area contributed by atoms with E-state index in [0.29, 0.717) is 23.7 Å². The number of benzene rings is 2. The summed E-state index contributed by atoms with van der Waals surface area (Å²) in [5.74, 6) is 1.21. The van der Waals surface area contributed by atoms with Gasteiger partial charge in [0.2, 0.25) is 0 Å². The van der Waals surface area contributed by atoms with E-state index in [9.17, 15) is 4.79 Å². The lowest BCUT2D eigenvalue weighted by molar-refractivity contribution is 0.111. The summed E-state index contributed by atoms with van der Waals surface area (Å²) in [6.45, 7) is 2.47. The highest BCUT2D eigenvalue weighted by Gasteiger charge is 2.05. The second kappa shape index (κ2) is 6.05. The lowest BCUT2D eigenvalue weighted by atomic mass is 10.1. The molecule has 0 amide bonds. The fourth-order valence-corrected chi connectivity index (χ4v) is 1.84. The number of carbonyl (C=O) groups is 1. The van der Waals surface area contributed by atoms with Gasteiger partial charge in [-0.05, 0) is 30.7 Å². The van der Waals surface area contributed by atoms with E-state index in [0.717, 1.165) is 11.8 Å². The monoisotopic (exact) mass is 256 g/mol. The van der Waals surface area contributed by atoms with Crippen molar-refractivity contribution in [1.29, 1.82) is 0 Å². The molecule has 19 heavy (non-hydrogen) atoms. The van der Waals surface area contributed by atoms with Crippen LogP contribution in [0, 0.1) is 6.92 Å². The van der Waals surface area contributed by atoms with Gasteiger partial charge in [-0.2, -0.15) is 0 Å². The molecule has 0 radical (unpaired) electrons. The van der Waals surface area contributed by atoms with Crippen molar-refractivity contribution in [2.75, 3.05) is 7.11 Å². The number of hydrogen-bond acceptors (Lipinski definition) is 3. The molecule has 0 aliphatic carbocycles. The van der Waals surface area contributed by atoms with Crippen molar-refractivity contribution >= 4 is 6.29 Å². The van der Waals surface area contributed by atoms with Crippen molar-refractivity contribution in [3.05, 3.63) is 59.2 Å². The molecule has 2 aromatic rings. The third-order valence-corrected chi connectivity index (χ3v) is 2.82. The zero-order valence-electron chi connectivity index (χ0n) is 11.1. The number of aryl methyl sites for hydroxylation is 1. The maximum atomic E-state index is 11.0. The van der Waals surface area contributed by atoms with Gasteiger partial charge >= 0.3 is 0 Å². The fourth-order valence-electron chi connectivity index (χ4n) is 1.84. The van der Waals surface area contributed by atoms with E-state index in [1.165, 1.54) is 5.56 Å². The first-order valence-electron chi connectivity index (χ1n) is 6.04. The van der Waals surface area contributed by atoms with Crippen molar-refractivity contribution in [3.63, 3.8) is 0 Å². The molecule has 0 bridgehead atoms. The Kier molecular flexibility index (Phi) is 4.18. The van der Waals surface area contributed by atoms with E-state index in [1.807, 2.05) is 25.1 Å². The minimum absolute atomic E-state index is 0.439. The molecular weight excluding hydrogens is 240 g/mol. The van der Waals surface area contributed by atoms with Crippen molar-refractivity contribution in [3.8, 4) is 11.5 Å². The van der Waals surface area contributed by atoms with Crippen molar-refractivity contribution in [1.82, 2.24) is 0 Å². The predicted molar refractivity (Wildman–Crippen MR) is 73.9 cm³/mol. The average Bonchev–Trinajstić information content (AvgIpc) is 2.45. The molecule has 0 unspecified atom stereocenters. The molecule has 98 valence electrons. The van der Waals surface area contributed by atoms with Crippen LogP contribution in [0.3, 0.4) is 0 Å². The molecule has 0 aliphatic rings. The third-order valence-electron chi connectivity index (χ3n) is 2.82. The topological polar surface area (TPSA) is 35.5 Å². The van der Waals surface area contributed by atoms with E-state index in [-0.39, 0.29) is 0 Å². The molecule has 0 heterocycles. The van der Waals surface area contributed by atoms with Crippen LogP contribution in [0.15, 0.2) is 42.5 Å². The maximum Gasteiger partial charge on any atom is 0.153 e. The summed E-state index contributed by atoms with van der Waals surface area (Å²) in [5.41, 5.74) is 2.76. The van der Waals surface area contributed by atoms with Gasteiger partial charge in [0.25, 0.3) is 0 Å². The van der Waals surface area contributed by atoms with Crippen LogP contribution in [0.5, 0.6) is 11.5 Å². The summed E-state index contributed by atoms with van der Waals surface area (Å²) in [5, 5.41) is 0. The number of hydrogen-bond donors (Lipinski definition) is 0. The van der Waals surface area contributed by atoms with Gasteiger partial charge in [-0.3, -0.25) is 4.79 Å². The summed E-state index contributed by atoms with van der Waals surface area (Å²) in [7, 11) is 1.57. The van der Waals surface area contributed by atoms with Gasteiger partial charge in [-0.1, -0.05) is 29.8 Å². The Morgan fingerprint density at radius 1 is 1.16 bits per heavy atom. The number of methoxy groups -OCH3 is 1. The van der Waals surface area contributed by atoms with E-state index in [1.54, 1.807) is 25.3 Å². The number of rotatable bonds is 5. The van der Waals surface area contributed by atoms with E-state index in [2.05, 4.69) is 6.07 Å². The SMILES string of the molecule is COc1ccc(OCc2cccc(C)c2)c(C=O)c1. The van der Waals surface area contributed by atoms with Crippen LogP contribution in [-0.4, -0.2) is 13.4 Å². The Bertz CT molecular complexity index is 576. The molecule has 3 nitrogen and oxygen atoms in total. The highest BCUT2D eigenvalue weighted by atomic mass is 16.5. The Morgan fingerprint density at radius 2 is 2.00 bits per heavy atom. The lowest BCUT2D eigenvalue weighted by Gasteiger charge is -2.10. The lowest BCUT2D eigenvalue weighted by Crippen LogP contribution is -1.99. The molecule has 0 aliphatic heterocycles. The molecule has 0 atom stereocenters. The van der Waals surface area contributed by atoms with Gasteiger partial charge < -0.3 is 9.47 Å². The zero-order valence-corrected chi connectivity index (χ0v) is 11.1. The van der Waals surface area contributed by atoms with Crippen LogP contribution in [0.25, 0.3) is 0 Å². The molecule has 2 rings (SSSR count). The van der Waals surface area contributed by atoms with Gasteiger partial charge in [-0.25, -0.2) is 0 Å². The Labute approximate surface area is 112 Å². The van der Waals surface area contributed by atoms with Crippen LogP contribution < -0.4 is 9.47 Å². The smallest absolute Gasteiger partial charge is 0.153 e. The van der Waals surface area contributed by atoms with E-state index >= 15 is 0 Å². The molecule has 3 heteroatoms. The van der Waals surface area contributed by atoms with E-state index in [4.69, 9.17) is 9.47 Å². The average molecular weight is 256 g/mol. The summed E-state index contributed by atoms with van der Waals surface area (Å²) < 4.78 is 10.8. The molecule has 0 fully saturated rings. The minimum atomic E-state index is 0.439. The third kappa shape index (κ3) is 3.35. The van der Waals surface area contributed by atoms with Gasteiger partial charge in [0.05, 0.1) is 12.7 Å². The molecule has 0 spiro atoms. The largest absolute Gasteiger partial charge is 0.497 e. The Hall–Kier alpha value is -2.29. The Balaban J connectivity index is 2.13. The Morgan fingerprint density at radius 3 is 2.68 bits per heavy atom. The predicted octanol–water partition coefficient (Wildman–Crippen LogP) is 3.40. The molecule has 0 saturated carbocycles. The highest BCUT2D eigenvalue weighted by molar-refractivity contribution is 5.80. The molecule has 0 saturated heterocycles. The van der Waals surface area contributed by atoms with Crippen LogP contribution >= 0.6 is 0 Å². The highest BCUT2D eigenvalue weighted by Crippen LogP contribution is 2.23. The second-order valence-electron chi connectivity index (χ2n) is 4.30. The molecule has 0 N–H and O–H groups in total. The first-order chi connectivity index (χ1) is 9.22. The van der Waals surface area contributed by atoms with Gasteiger partial charge in [0.1, 0.15) is 18.1 Å². The van der Waals surface area contributed by atoms with Crippen molar-refractivity contribution < 1.29 is 14.3 Å². The van der Waals surface area contributed by atoms with Crippen LogP contribution in [0.4, 0.5) is 0 Å². The van der Waals surface area contributed by atoms with E-state index < -0.39 is 0 Å². The first kappa shape index (κ1) is 13.1. The number of ether oxygens (including phenoxy) is 2. The van der Waals surface area contributed by atoms with Crippen molar-refractivity contribution in [2.45, 2.75) is 13.5 Å². The molecule has 2 aromatic carbocycles. The summed E-state index contributed by atoms with van der Waals surface area (Å²) >= 11 is 0. The first-order valence-corrected chi connectivity index (χ1v) is 6.04. The summed E-state index contributed by atoms with van der Waals surface area (Å²) in [6.07, 6.45) is 0.772. The number of aldehydes is 1. The number of carbonyl (C=O) groups excluding carboxylic acids is 1. The molecular formula is C16H16O3. The van der Waals surface area contributed by atoms with Gasteiger partial charge in [0, 0.05) is 0 Å². The summed E-state index contributed by atoms with van der Waals surface area (Å²) in [6, 6.07) is 13.3. The molecule has 0 aromatic heterocycles. The minimum Gasteiger partial charge on any atom is -0.497 e. The quantitative estimate of drug-likeness (QED) is 0.769.